The van der Waals surface area contributed by atoms with Gasteiger partial charge in [-0.3, -0.25) is 4.79 Å². The van der Waals surface area contributed by atoms with E-state index >= 15 is 0 Å². The van der Waals surface area contributed by atoms with E-state index in [1.807, 2.05) is 23.4 Å². The van der Waals surface area contributed by atoms with E-state index in [1.165, 1.54) is 17.0 Å². The maximum Gasteiger partial charge on any atom is 0.150 e. The highest BCUT2D eigenvalue weighted by Gasteiger charge is 2.05. The van der Waals surface area contributed by atoms with Crippen LogP contribution in [0.2, 0.25) is 0 Å². The molecule has 0 amide bonds. The number of carbonyl (C=O) groups is 1. The van der Waals surface area contributed by atoms with Gasteiger partial charge in [0.2, 0.25) is 0 Å². The first-order chi connectivity index (χ1) is 8.69. The zero-order valence-electron chi connectivity index (χ0n) is 10.1. The van der Waals surface area contributed by atoms with Gasteiger partial charge in [-0.25, -0.2) is 4.39 Å². The molecule has 1 aromatic heterocycles. The SMILES string of the molecule is CN(CCc1cccs1)c1cc(F)cc(C=O)c1. The van der Waals surface area contributed by atoms with Gasteiger partial charge in [-0.05, 0) is 36.1 Å². The van der Waals surface area contributed by atoms with Crippen molar-refractivity contribution in [3.63, 3.8) is 0 Å². The fourth-order valence-electron chi connectivity index (χ4n) is 1.75. The van der Waals surface area contributed by atoms with Gasteiger partial charge >= 0.3 is 0 Å². The summed E-state index contributed by atoms with van der Waals surface area (Å²) in [6, 6.07) is 8.49. The number of hydrogen-bond donors (Lipinski definition) is 0. The summed E-state index contributed by atoms with van der Waals surface area (Å²) in [5.74, 6) is -0.377. The lowest BCUT2D eigenvalue weighted by Crippen LogP contribution is -2.20. The highest BCUT2D eigenvalue weighted by atomic mass is 32.1. The van der Waals surface area contributed by atoms with E-state index in [9.17, 15) is 9.18 Å². The third-order valence-electron chi connectivity index (χ3n) is 2.76. The molecule has 0 radical (unpaired) electrons. The minimum Gasteiger partial charge on any atom is -0.374 e. The summed E-state index contributed by atoms with van der Waals surface area (Å²) in [4.78, 5) is 13.9. The Morgan fingerprint density at radius 1 is 1.39 bits per heavy atom. The Bertz CT molecular complexity index is 525. The molecular weight excluding hydrogens is 249 g/mol. The lowest BCUT2D eigenvalue weighted by atomic mass is 10.2. The third kappa shape index (κ3) is 3.17. The van der Waals surface area contributed by atoms with Crippen LogP contribution in [-0.2, 0) is 6.42 Å². The van der Waals surface area contributed by atoms with Gasteiger partial charge in [-0.15, -0.1) is 11.3 Å². The molecule has 0 aliphatic rings. The van der Waals surface area contributed by atoms with Crippen LogP contribution < -0.4 is 4.90 Å². The van der Waals surface area contributed by atoms with Crippen molar-refractivity contribution in [1.82, 2.24) is 0 Å². The normalized spacial score (nSPS) is 10.3. The first kappa shape index (κ1) is 12.8. The van der Waals surface area contributed by atoms with E-state index in [1.54, 1.807) is 17.4 Å². The Morgan fingerprint density at radius 3 is 2.89 bits per heavy atom. The van der Waals surface area contributed by atoms with Gasteiger partial charge in [0.05, 0.1) is 0 Å². The smallest absolute Gasteiger partial charge is 0.150 e. The zero-order chi connectivity index (χ0) is 13.0. The molecule has 0 bridgehead atoms. The number of likely N-dealkylation sites (N-methyl/N-ethyl adjacent to an activating group) is 1. The first-order valence-corrected chi connectivity index (χ1v) is 6.56. The van der Waals surface area contributed by atoms with Crippen molar-refractivity contribution >= 4 is 23.3 Å². The van der Waals surface area contributed by atoms with Crippen LogP contribution in [0.5, 0.6) is 0 Å². The van der Waals surface area contributed by atoms with Crippen LogP contribution in [0.1, 0.15) is 15.2 Å². The average Bonchev–Trinajstić information content (AvgIpc) is 2.88. The van der Waals surface area contributed by atoms with Gasteiger partial charge in [0.25, 0.3) is 0 Å². The van der Waals surface area contributed by atoms with Crippen LogP contribution in [0.3, 0.4) is 0 Å². The van der Waals surface area contributed by atoms with Crippen LogP contribution in [0.4, 0.5) is 10.1 Å². The minimum atomic E-state index is -0.377. The molecule has 0 aliphatic carbocycles. The number of aldehydes is 1. The molecule has 0 saturated carbocycles. The van der Waals surface area contributed by atoms with Gasteiger partial charge < -0.3 is 4.90 Å². The topological polar surface area (TPSA) is 20.3 Å². The molecule has 0 aliphatic heterocycles. The number of nitrogens with zero attached hydrogens (tertiary/aromatic N) is 1. The van der Waals surface area contributed by atoms with E-state index in [-0.39, 0.29) is 5.82 Å². The summed E-state index contributed by atoms with van der Waals surface area (Å²) in [7, 11) is 1.90. The van der Waals surface area contributed by atoms with Crippen LogP contribution in [0.15, 0.2) is 35.7 Å². The molecular formula is C14H14FNOS. The molecule has 94 valence electrons. The molecule has 2 rings (SSSR count). The van der Waals surface area contributed by atoms with Gasteiger partial charge in [-0.1, -0.05) is 6.07 Å². The predicted octanol–water partition coefficient (Wildman–Crippen LogP) is 3.38. The second-order valence-electron chi connectivity index (χ2n) is 4.11. The summed E-state index contributed by atoms with van der Waals surface area (Å²) in [6.45, 7) is 0.794. The van der Waals surface area contributed by atoms with Crippen LogP contribution >= 0.6 is 11.3 Å². The molecule has 0 fully saturated rings. The van der Waals surface area contributed by atoms with Crippen molar-refractivity contribution < 1.29 is 9.18 Å². The number of anilines is 1. The number of benzene rings is 1. The molecule has 2 aromatic rings. The van der Waals surface area contributed by atoms with Gasteiger partial charge in [-0.2, -0.15) is 0 Å². The fraction of sp³-hybridized carbons (Fsp3) is 0.214. The van der Waals surface area contributed by atoms with Gasteiger partial charge in [0.1, 0.15) is 12.1 Å². The Kier molecular flexibility index (Phi) is 4.10. The molecule has 18 heavy (non-hydrogen) atoms. The summed E-state index contributed by atoms with van der Waals surface area (Å²) in [5, 5.41) is 2.04. The van der Waals surface area contributed by atoms with Crippen LogP contribution in [0, 0.1) is 5.82 Å². The second-order valence-corrected chi connectivity index (χ2v) is 5.14. The second kappa shape index (κ2) is 5.78. The van der Waals surface area contributed by atoms with Crippen molar-refractivity contribution in [3.05, 3.63) is 52.0 Å². The van der Waals surface area contributed by atoms with E-state index in [4.69, 9.17) is 0 Å². The molecule has 1 heterocycles. The number of rotatable bonds is 5. The van der Waals surface area contributed by atoms with Crippen molar-refractivity contribution in [2.75, 3.05) is 18.5 Å². The Labute approximate surface area is 110 Å². The number of thiophene rings is 1. The van der Waals surface area contributed by atoms with E-state index in [2.05, 4.69) is 6.07 Å². The van der Waals surface area contributed by atoms with Crippen molar-refractivity contribution in [3.8, 4) is 0 Å². The molecule has 0 unspecified atom stereocenters. The molecule has 0 N–H and O–H groups in total. The van der Waals surface area contributed by atoms with Crippen molar-refractivity contribution in [2.45, 2.75) is 6.42 Å². The zero-order valence-corrected chi connectivity index (χ0v) is 10.9. The predicted molar refractivity (Wildman–Crippen MR) is 73.1 cm³/mol. The molecule has 2 nitrogen and oxygen atoms in total. The molecule has 1 aromatic carbocycles. The molecule has 0 spiro atoms. The fourth-order valence-corrected chi connectivity index (χ4v) is 2.44. The molecule has 0 saturated heterocycles. The lowest BCUT2D eigenvalue weighted by molar-refractivity contribution is 0.112. The van der Waals surface area contributed by atoms with Gasteiger partial charge in [0, 0.05) is 29.7 Å². The summed E-state index contributed by atoms with van der Waals surface area (Å²) in [5.41, 5.74) is 1.10. The summed E-state index contributed by atoms with van der Waals surface area (Å²) < 4.78 is 13.3. The standard InChI is InChI=1S/C14H14FNOS/c1-16(5-4-14-3-2-6-18-14)13-8-11(10-17)7-12(15)9-13/h2-3,6-10H,4-5H2,1H3. The monoisotopic (exact) mass is 263 g/mol. The van der Waals surface area contributed by atoms with E-state index in [0.717, 1.165) is 18.7 Å². The van der Waals surface area contributed by atoms with Crippen LogP contribution in [0.25, 0.3) is 0 Å². The van der Waals surface area contributed by atoms with Crippen LogP contribution in [-0.4, -0.2) is 19.9 Å². The Hall–Kier alpha value is -1.68. The summed E-state index contributed by atoms with van der Waals surface area (Å²) >= 11 is 1.71. The van der Waals surface area contributed by atoms with E-state index in [0.29, 0.717) is 11.8 Å². The van der Waals surface area contributed by atoms with E-state index < -0.39 is 0 Å². The highest BCUT2D eigenvalue weighted by molar-refractivity contribution is 7.09. The molecule has 0 atom stereocenters. The molecule has 4 heteroatoms. The third-order valence-corrected chi connectivity index (χ3v) is 3.69. The Balaban J connectivity index is 2.06. The number of hydrogen-bond acceptors (Lipinski definition) is 3. The maximum absolute atomic E-state index is 13.3. The first-order valence-electron chi connectivity index (χ1n) is 5.68. The lowest BCUT2D eigenvalue weighted by Gasteiger charge is -2.19. The number of carbonyl (C=O) groups excluding carboxylic acids is 1. The quantitative estimate of drug-likeness (QED) is 0.771. The number of halogens is 1. The van der Waals surface area contributed by atoms with Crippen molar-refractivity contribution in [1.29, 1.82) is 0 Å². The van der Waals surface area contributed by atoms with Crippen molar-refractivity contribution in [2.24, 2.45) is 0 Å². The minimum absolute atomic E-state index is 0.368. The van der Waals surface area contributed by atoms with Gasteiger partial charge in [0.15, 0.2) is 0 Å². The largest absolute Gasteiger partial charge is 0.374 e. The highest BCUT2D eigenvalue weighted by Crippen LogP contribution is 2.18. The maximum atomic E-state index is 13.3. The Morgan fingerprint density at radius 2 is 2.22 bits per heavy atom. The average molecular weight is 263 g/mol. The summed E-state index contributed by atoms with van der Waals surface area (Å²) in [6.07, 6.45) is 1.58.